The number of rotatable bonds is 3. The van der Waals surface area contributed by atoms with E-state index in [2.05, 4.69) is 0 Å². The minimum Gasteiger partial charge on any atom is -0.382 e. The van der Waals surface area contributed by atoms with E-state index >= 15 is 0 Å². The van der Waals surface area contributed by atoms with Crippen molar-refractivity contribution < 1.29 is 13.9 Å². The van der Waals surface area contributed by atoms with Crippen molar-refractivity contribution in [2.75, 3.05) is 0 Å². The second kappa shape index (κ2) is 3.96. The molecule has 1 rings (SSSR count). The molecule has 1 aromatic heterocycles. The summed E-state index contributed by atoms with van der Waals surface area (Å²) in [4.78, 5) is 1.37. The highest BCUT2D eigenvalue weighted by Crippen LogP contribution is 2.27. The van der Waals surface area contributed by atoms with Crippen LogP contribution in [0.1, 0.15) is 22.8 Å². The summed E-state index contributed by atoms with van der Waals surface area (Å²) in [5.41, 5.74) is 0. The smallest absolute Gasteiger partial charge is 0.268 e. The monoisotopic (exact) mass is 192 g/mol. The lowest BCUT2D eigenvalue weighted by Crippen LogP contribution is -2.05. The van der Waals surface area contributed by atoms with E-state index in [-0.39, 0.29) is 0 Å². The van der Waals surface area contributed by atoms with Crippen molar-refractivity contribution in [3.05, 3.63) is 21.9 Å². The van der Waals surface area contributed by atoms with Gasteiger partial charge in [-0.3, -0.25) is 0 Å². The molecule has 68 valence electrons. The van der Waals surface area contributed by atoms with E-state index < -0.39 is 12.5 Å². The van der Waals surface area contributed by atoms with Crippen molar-refractivity contribution in [3.63, 3.8) is 0 Å². The number of aliphatic hydroxyl groups excluding tert-OH is 1. The van der Waals surface area contributed by atoms with E-state index in [4.69, 9.17) is 5.11 Å². The van der Waals surface area contributed by atoms with E-state index in [1.54, 1.807) is 12.1 Å². The maximum atomic E-state index is 12.0. The topological polar surface area (TPSA) is 20.2 Å². The number of aryl methyl sites for hydroxylation is 1. The predicted molar refractivity (Wildman–Crippen MR) is 44.7 cm³/mol. The van der Waals surface area contributed by atoms with Crippen LogP contribution in [0.3, 0.4) is 0 Å². The average Bonchev–Trinajstić information content (AvgIpc) is 2.50. The molecule has 0 fully saturated rings. The molecule has 1 atom stereocenters. The lowest BCUT2D eigenvalue weighted by molar-refractivity contribution is -0.00369. The maximum absolute atomic E-state index is 12.0. The third-order valence-corrected chi connectivity index (χ3v) is 2.86. The fraction of sp³-hybridized carbons (Fsp3) is 0.500. The molecule has 1 nitrogen and oxygen atoms in total. The molecule has 0 aliphatic rings. The quantitative estimate of drug-likeness (QED) is 0.780. The average molecular weight is 192 g/mol. The van der Waals surface area contributed by atoms with Crippen molar-refractivity contribution in [1.29, 1.82) is 0 Å². The molecule has 0 saturated carbocycles. The van der Waals surface area contributed by atoms with Gasteiger partial charge < -0.3 is 5.11 Å². The Morgan fingerprint density at radius 1 is 1.50 bits per heavy atom. The summed E-state index contributed by atoms with van der Waals surface area (Å²) >= 11 is 1.24. The molecule has 0 radical (unpaired) electrons. The van der Waals surface area contributed by atoms with Crippen molar-refractivity contribution in [2.45, 2.75) is 25.9 Å². The Kier molecular flexibility index (Phi) is 3.17. The van der Waals surface area contributed by atoms with Crippen LogP contribution < -0.4 is 0 Å². The van der Waals surface area contributed by atoms with Gasteiger partial charge in [-0.25, -0.2) is 8.78 Å². The van der Waals surface area contributed by atoms with Gasteiger partial charge in [0.1, 0.15) is 6.10 Å². The Labute approximate surface area is 73.7 Å². The number of alkyl halides is 2. The van der Waals surface area contributed by atoms with Crippen LogP contribution in [0.4, 0.5) is 8.78 Å². The zero-order chi connectivity index (χ0) is 9.14. The molecule has 0 bridgehead atoms. The first-order valence-corrected chi connectivity index (χ1v) is 4.51. The van der Waals surface area contributed by atoms with E-state index in [0.29, 0.717) is 4.88 Å². The summed E-state index contributed by atoms with van der Waals surface area (Å²) in [6.07, 6.45) is -3.48. The minimum absolute atomic E-state index is 0.349. The van der Waals surface area contributed by atoms with Crippen LogP contribution in [0.25, 0.3) is 0 Å². The predicted octanol–water partition coefficient (Wildman–Crippen LogP) is 2.61. The number of hydrogen-bond acceptors (Lipinski definition) is 2. The molecule has 0 saturated heterocycles. The summed E-state index contributed by atoms with van der Waals surface area (Å²) < 4.78 is 24.0. The van der Waals surface area contributed by atoms with E-state index in [9.17, 15) is 8.78 Å². The first kappa shape index (κ1) is 9.61. The second-order valence-electron chi connectivity index (χ2n) is 2.44. The largest absolute Gasteiger partial charge is 0.382 e. The van der Waals surface area contributed by atoms with Gasteiger partial charge in [-0.05, 0) is 18.6 Å². The number of hydrogen-bond donors (Lipinski definition) is 1. The zero-order valence-corrected chi connectivity index (χ0v) is 7.44. The molecule has 1 N–H and O–H groups in total. The zero-order valence-electron chi connectivity index (χ0n) is 6.63. The SMILES string of the molecule is CCc1ccc(C(O)C(F)F)s1. The van der Waals surface area contributed by atoms with Crippen molar-refractivity contribution in [1.82, 2.24) is 0 Å². The molecule has 0 aliphatic heterocycles. The van der Waals surface area contributed by atoms with Gasteiger partial charge in [-0.15, -0.1) is 11.3 Å². The van der Waals surface area contributed by atoms with Crippen LogP contribution in [-0.4, -0.2) is 11.5 Å². The normalized spacial score (nSPS) is 13.8. The highest BCUT2D eigenvalue weighted by molar-refractivity contribution is 7.12. The number of thiophene rings is 1. The fourth-order valence-corrected chi connectivity index (χ4v) is 1.81. The first-order chi connectivity index (χ1) is 5.65. The molecule has 0 spiro atoms. The Balaban J connectivity index is 2.74. The highest BCUT2D eigenvalue weighted by Gasteiger charge is 2.20. The summed E-state index contributed by atoms with van der Waals surface area (Å²) in [6.45, 7) is 1.95. The van der Waals surface area contributed by atoms with Gasteiger partial charge in [0, 0.05) is 9.75 Å². The Morgan fingerprint density at radius 2 is 2.17 bits per heavy atom. The van der Waals surface area contributed by atoms with Crippen molar-refractivity contribution in [2.24, 2.45) is 0 Å². The maximum Gasteiger partial charge on any atom is 0.268 e. The van der Waals surface area contributed by atoms with Gasteiger partial charge in [0.2, 0.25) is 0 Å². The molecule has 0 aliphatic carbocycles. The molecule has 1 aromatic rings. The first-order valence-electron chi connectivity index (χ1n) is 3.70. The molecule has 0 amide bonds. The molecule has 1 unspecified atom stereocenters. The second-order valence-corrected chi connectivity index (χ2v) is 3.64. The standard InChI is InChI=1S/C8H10F2OS/c1-2-5-3-4-6(12-5)7(11)8(9)10/h3-4,7-8,11H,2H2,1H3. The summed E-state index contributed by atoms with van der Waals surface area (Å²) in [5, 5.41) is 8.97. The summed E-state index contributed by atoms with van der Waals surface area (Å²) in [7, 11) is 0. The third-order valence-electron chi connectivity index (χ3n) is 1.56. The molecular weight excluding hydrogens is 182 g/mol. The van der Waals surface area contributed by atoms with E-state index in [1.807, 2.05) is 6.92 Å². The van der Waals surface area contributed by atoms with Crippen LogP contribution in [0, 0.1) is 0 Å². The minimum atomic E-state index is -2.69. The van der Waals surface area contributed by atoms with Gasteiger partial charge in [-0.1, -0.05) is 6.92 Å². The molecular formula is C8H10F2OS. The third kappa shape index (κ3) is 2.01. The van der Waals surface area contributed by atoms with Gasteiger partial charge in [-0.2, -0.15) is 0 Å². The van der Waals surface area contributed by atoms with E-state index in [0.717, 1.165) is 11.3 Å². The van der Waals surface area contributed by atoms with Gasteiger partial charge in [0.15, 0.2) is 0 Å². The van der Waals surface area contributed by atoms with Gasteiger partial charge >= 0.3 is 0 Å². The molecule has 1 heterocycles. The summed E-state index contributed by atoms with van der Waals surface area (Å²) in [6, 6.07) is 3.33. The van der Waals surface area contributed by atoms with E-state index in [1.165, 1.54) is 11.3 Å². The summed E-state index contributed by atoms with van der Waals surface area (Å²) in [5.74, 6) is 0. The fourth-order valence-electron chi connectivity index (χ4n) is 0.868. The Morgan fingerprint density at radius 3 is 2.58 bits per heavy atom. The molecule has 0 aromatic carbocycles. The lowest BCUT2D eigenvalue weighted by Gasteiger charge is -2.05. The van der Waals surface area contributed by atoms with Crippen LogP contribution in [0.5, 0.6) is 0 Å². The van der Waals surface area contributed by atoms with Crippen LogP contribution >= 0.6 is 11.3 Å². The lowest BCUT2D eigenvalue weighted by atomic mass is 10.3. The Hall–Kier alpha value is -0.480. The van der Waals surface area contributed by atoms with Crippen molar-refractivity contribution >= 4 is 11.3 Å². The molecule has 4 heteroatoms. The molecule has 12 heavy (non-hydrogen) atoms. The van der Waals surface area contributed by atoms with Gasteiger partial charge in [0.05, 0.1) is 0 Å². The Bertz CT molecular complexity index is 247. The van der Waals surface area contributed by atoms with Gasteiger partial charge in [0.25, 0.3) is 6.43 Å². The van der Waals surface area contributed by atoms with Crippen LogP contribution in [-0.2, 0) is 6.42 Å². The highest BCUT2D eigenvalue weighted by atomic mass is 32.1. The van der Waals surface area contributed by atoms with Crippen LogP contribution in [0.15, 0.2) is 12.1 Å². The number of aliphatic hydroxyl groups is 1. The van der Waals surface area contributed by atoms with Crippen molar-refractivity contribution in [3.8, 4) is 0 Å². The number of halogens is 2. The van der Waals surface area contributed by atoms with Crippen LogP contribution in [0.2, 0.25) is 0 Å².